The van der Waals surface area contributed by atoms with Gasteiger partial charge in [0, 0.05) is 18.3 Å². The molecule has 1 aliphatic rings. The van der Waals surface area contributed by atoms with Crippen molar-refractivity contribution in [2.24, 2.45) is 0 Å². The Balaban J connectivity index is 1.67. The summed E-state index contributed by atoms with van der Waals surface area (Å²) in [5, 5.41) is 0. The van der Waals surface area contributed by atoms with E-state index in [1.807, 2.05) is 0 Å². The Hall–Kier alpha value is -2.86. The van der Waals surface area contributed by atoms with E-state index in [0.717, 1.165) is 41.8 Å². The Labute approximate surface area is 156 Å². The van der Waals surface area contributed by atoms with E-state index in [9.17, 15) is 8.78 Å². The van der Waals surface area contributed by atoms with Gasteiger partial charge in [-0.25, -0.2) is 18.7 Å². The third kappa shape index (κ3) is 3.80. The van der Waals surface area contributed by atoms with Gasteiger partial charge in [-0.2, -0.15) is 0 Å². The number of likely N-dealkylation sites (tertiary alicyclic amines) is 1. The predicted molar refractivity (Wildman–Crippen MR) is 101 cm³/mol. The first kappa shape index (κ1) is 17.5. The zero-order valence-electron chi connectivity index (χ0n) is 14.8. The minimum absolute atomic E-state index is 0.0837. The third-order valence-electron chi connectivity index (χ3n) is 4.97. The van der Waals surface area contributed by atoms with Crippen molar-refractivity contribution in [1.29, 1.82) is 0 Å². The number of nitrogens with two attached hydrogens (primary N) is 1. The number of hydrogen-bond acceptors (Lipinski definition) is 4. The van der Waals surface area contributed by atoms with Gasteiger partial charge < -0.3 is 5.73 Å². The number of hydrogen-bond donors (Lipinski definition) is 1. The van der Waals surface area contributed by atoms with Gasteiger partial charge in [-0.05, 0) is 54.8 Å². The van der Waals surface area contributed by atoms with Crippen molar-refractivity contribution in [3.05, 3.63) is 77.6 Å². The zero-order valence-corrected chi connectivity index (χ0v) is 14.8. The fourth-order valence-electron chi connectivity index (χ4n) is 3.66. The highest BCUT2D eigenvalue weighted by atomic mass is 19.1. The summed E-state index contributed by atoms with van der Waals surface area (Å²) in [5.74, 6) is -0.293. The quantitative estimate of drug-likeness (QED) is 0.746. The molecule has 2 aromatic carbocycles. The molecule has 0 saturated carbocycles. The fraction of sp³-hybridized carbons (Fsp3) is 0.238. The molecule has 0 bridgehead atoms. The maximum absolute atomic E-state index is 13.3. The van der Waals surface area contributed by atoms with Crippen LogP contribution in [0.15, 0.2) is 54.7 Å². The van der Waals surface area contributed by atoms with Crippen LogP contribution in [0.4, 0.5) is 14.7 Å². The smallest absolute Gasteiger partial charge is 0.220 e. The molecule has 0 aliphatic carbocycles. The van der Waals surface area contributed by atoms with Crippen molar-refractivity contribution < 1.29 is 8.78 Å². The highest BCUT2D eigenvalue weighted by Crippen LogP contribution is 2.37. The summed E-state index contributed by atoms with van der Waals surface area (Å²) in [6, 6.07) is 13.0. The topological polar surface area (TPSA) is 55.0 Å². The Bertz CT molecular complexity index is 926. The molecule has 2 N–H and O–H groups in total. The van der Waals surface area contributed by atoms with Crippen LogP contribution in [-0.4, -0.2) is 21.4 Å². The van der Waals surface area contributed by atoms with Crippen LogP contribution in [-0.2, 0) is 6.54 Å². The van der Waals surface area contributed by atoms with Crippen molar-refractivity contribution >= 4 is 5.95 Å². The average molecular weight is 366 g/mol. The summed E-state index contributed by atoms with van der Waals surface area (Å²) >= 11 is 0. The minimum Gasteiger partial charge on any atom is -0.368 e. The molecule has 1 aliphatic heterocycles. The number of nitrogen functional groups attached to an aromatic ring is 1. The maximum atomic E-state index is 13.3. The first-order valence-electron chi connectivity index (χ1n) is 8.97. The summed E-state index contributed by atoms with van der Waals surface area (Å²) in [4.78, 5) is 11.0. The Morgan fingerprint density at radius 2 is 1.67 bits per heavy atom. The molecule has 0 unspecified atom stereocenters. The summed E-state index contributed by atoms with van der Waals surface area (Å²) in [6.45, 7) is 1.63. The van der Waals surface area contributed by atoms with Gasteiger partial charge in [0.05, 0.1) is 11.7 Å². The third-order valence-corrected chi connectivity index (χ3v) is 4.97. The number of halogens is 2. The molecular formula is C21H20F2N4. The largest absolute Gasteiger partial charge is 0.368 e. The van der Waals surface area contributed by atoms with Crippen LogP contribution in [0.2, 0.25) is 0 Å². The zero-order chi connectivity index (χ0) is 18.8. The normalized spacial score (nSPS) is 17.3. The first-order chi connectivity index (χ1) is 13.1. The van der Waals surface area contributed by atoms with Crippen LogP contribution < -0.4 is 5.73 Å². The molecule has 4 rings (SSSR count). The molecule has 6 heteroatoms. The number of aromatic nitrogens is 2. The molecular weight excluding hydrogens is 346 g/mol. The number of rotatable bonds is 4. The van der Waals surface area contributed by atoms with Crippen LogP contribution in [0.1, 0.15) is 30.1 Å². The van der Waals surface area contributed by atoms with Crippen LogP contribution in [0.25, 0.3) is 11.1 Å². The lowest BCUT2D eigenvalue weighted by Gasteiger charge is -2.26. The lowest BCUT2D eigenvalue weighted by molar-refractivity contribution is 0.245. The van der Waals surface area contributed by atoms with E-state index >= 15 is 0 Å². The summed E-state index contributed by atoms with van der Waals surface area (Å²) in [5.41, 5.74) is 9.50. The van der Waals surface area contributed by atoms with Gasteiger partial charge in [0.25, 0.3) is 0 Å². The van der Waals surface area contributed by atoms with E-state index < -0.39 is 0 Å². The van der Waals surface area contributed by atoms with Crippen LogP contribution in [0.3, 0.4) is 0 Å². The van der Waals surface area contributed by atoms with E-state index in [0.29, 0.717) is 6.54 Å². The van der Waals surface area contributed by atoms with Crippen molar-refractivity contribution in [3.63, 3.8) is 0 Å². The number of nitrogens with zero attached hydrogens (tertiary/aromatic N) is 3. The lowest BCUT2D eigenvalue weighted by Crippen LogP contribution is -2.24. The molecule has 3 aromatic rings. The Kier molecular flexibility index (Phi) is 4.81. The lowest BCUT2D eigenvalue weighted by atomic mass is 9.99. The molecule has 138 valence electrons. The summed E-state index contributed by atoms with van der Waals surface area (Å²) < 4.78 is 26.5. The van der Waals surface area contributed by atoms with Crippen LogP contribution in [0.5, 0.6) is 0 Å². The van der Waals surface area contributed by atoms with Crippen molar-refractivity contribution in [1.82, 2.24) is 14.9 Å². The second kappa shape index (κ2) is 7.40. The maximum Gasteiger partial charge on any atom is 0.220 e. The van der Waals surface area contributed by atoms with Gasteiger partial charge >= 0.3 is 0 Å². The van der Waals surface area contributed by atoms with Gasteiger partial charge in [-0.1, -0.05) is 24.3 Å². The van der Waals surface area contributed by atoms with Crippen molar-refractivity contribution in [3.8, 4) is 11.1 Å². The van der Waals surface area contributed by atoms with Crippen molar-refractivity contribution in [2.75, 3.05) is 12.3 Å². The molecule has 4 nitrogen and oxygen atoms in total. The first-order valence-corrected chi connectivity index (χ1v) is 8.97. The number of benzene rings is 2. The van der Waals surface area contributed by atoms with Gasteiger partial charge in [0.15, 0.2) is 0 Å². The van der Waals surface area contributed by atoms with E-state index in [-0.39, 0.29) is 23.6 Å². The molecule has 1 aromatic heterocycles. The Morgan fingerprint density at radius 1 is 1.00 bits per heavy atom. The van der Waals surface area contributed by atoms with Gasteiger partial charge in [0.2, 0.25) is 5.95 Å². The van der Waals surface area contributed by atoms with Crippen molar-refractivity contribution in [2.45, 2.75) is 25.4 Å². The summed E-state index contributed by atoms with van der Waals surface area (Å²) in [6.07, 6.45) is 3.70. The molecule has 1 atom stereocenters. The highest BCUT2D eigenvalue weighted by molar-refractivity contribution is 5.66. The molecule has 1 saturated heterocycles. The molecule has 2 heterocycles. The van der Waals surface area contributed by atoms with E-state index in [1.54, 1.807) is 30.5 Å². The number of anilines is 1. The molecule has 27 heavy (non-hydrogen) atoms. The van der Waals surface area contributed by atoms with Gasteiger partial charge in [0.1, 0.15) is 11.6 Å². The van der Waals surface area contributed by atoms with E-state index in [4.69, 9.17) is 5.73 Å². The minimum atomic E-state index is -0.282. The van der Waals surface area contributed by atoms with Gasteiger partial charge in [-0.3, -0.25) is 4.90 Å². The molecule has 1 fully saturated rings. The Morgan fingerprint density at radius 3 is 2.37 bits per heavy atom. The fourth-order valence-corrected chi connectivity index (χ4v) is 3.66. The summed E-state index contributed by atoms with van der Waals surface area (Å²) in [7, 11) is 0. The predicted octanol–water partition coefficient (Wildman–Crippen LogP) is 4.34. The second-order valence-electron chi connectivity index (χ2n) is 6.79. The monoisotopic (exact) mass is 366 g/mol. The molecule has 0 spiro atoms. The SMILES string of the molecule is Nc1ncc(-c2ccc(F)cc2)c([C@@H]2CCCN2Cc2ccc(F)cc2)n1. The second-order valence-corrected chi connectivity index (χ2v) is 6.79. The standard InChI is InChI=1S/C21H20F2N4/c22-16-7-3-14(4-8-16)13-27-11-1-2-19(27)20-18(12-25-21(24)26-20)15-5-9-17(23)10-6-15/h3-10,12,19H,1-2,11,13H2,(H2,24,25,26)/t19-/m0/s1. The van der Waals surface area contributed by atoms with Crippen LogP contribution in [0, 0.1) is 11.6 Å². The van der Waals surface area contributed by atoms with Gasteiger partial charge in [-0.15, -0.1) is 0 Å². The van der Waals surface area contributed by atoms with E-state index in [1.165, 1.54) is 24.3 Å². The molecule has 0 amide bonds. The molecule has 0 radical (unpaired) electrons. The van der Waals surface area contributed by atoms with Crippen LogP contribution >= 0.6 is 0 Å². The highest BCUT2D eigenvalue weighted by Gasteiger charge is 2.29. The average Bonchev–Trinajstić information content (AvgIpc) is 3.12. The van der Waals surface area contributed by atoms with E-state index in [2.05, 4.69) is 14.9 Å².